The molecule has 0 aromatic heterocycles. The van der Waals surface area contributed by atoms with Crippen molar-refractivity contribution < 1.29 is 36.3 Å². The monoisotopic (exact) mass is 528 g/mol. The zero-order valence-corrected chi connectivity index (χ0v) is 22.8. The number of methoxy groups -OCH3 is 4. The lowest BCUT2D eigenvalue weighted by atomic mass is 10.1. The Morgan fingerprint density at radius 2 is 1.30 bits per heavy atom. The Hall–Kier alpha value is -3.85. The molecule has 0 fully saturated rings. The smallest absolute Gasteiger partial charge is 0.339 e. The van der Waals surface area contributed by atoms with Crippen molar-refractivity contribution in [2.24, 2.45) is 0 Å². The SMILES string of the molecule is COc1cc(/C=C/c2ccc(OC)c(OS(=O)(=O)c3ccc(C)cc3)c2OC(C)C)cc(OC)c1OC. The average Bonchev–Trinajstić information content (AvgIpc) is 2.87. The fourth-order valence-electron chi connectivity index (χ4n) is 3.53. The van der Waals surface area contributed by atoms with Crippen molar-refractivity contribution in [2.75, 3.05) is 28.4 Å². The van der Waals surface area contributed by atoms with Crippen molar-refractivity contribution in [3.63, 3.8) is 0 Å². The van der Waals surface area contributed by atoms with Gasteiger partial charge in [0, 0.05) is 5.56 Å². The third-order valence-corrected chi connectivity index (χ3v) is 6.56. The molecule has 0 atom stereocenters. The van der Waals surface area contributed by atoms with Gasteiger partial charge in [0.2, 0.25) is 11.5 Å². The summed E-state index contributed by atoms with van der Waals surface area (Å²) in [5, 5.41) is 0. The van der Waals surface area contributed by atoms with Crippen LogP contribution in [0.1, 0.15) is 30.5 Å². The fourth-order valence-corrected chi connectivity index (χ4v) is 4.48. The van der Waals surface area contributed by atoms with Crippen molar-refractivity contribution in [3.05, 3.63) is 65.2 Å². The van der Waals surface area contributed by atoms with Crippen LogP contribution >= 0.6 is 0 Å². The summed E-state index contributed by atoms with van der Waals surface area (Å²) in [4.78, 5) is 0.0222. The van der Waals surface area contributed by atoms with Gasteiger partial charge in [-0.25, -0.2) is 0 Å². The highest BCUT2D eigenvalue weighted by Crippen LogP contribution is 2.44. The normalized spacial score (nSPS) is 11.5. The summed E-state index contributed by atoms with van der Waals surface area (Å²) in [6.45, 7) is 5.55. The van der Waals surface area contributed by atoms with Gasteiger partial charge in [-0.05, 0) is 62.7 Å². The van der Waals surface area contributed by atoms with Gasteiger partial charge in [0.25, 0.3) is 0 Å². The van der Waals surface area contributed by atoms with Crippen LogP contribution in [0.15, 0.2) is 53.4 Å². The fraction of sp³-hybridized carbons (Fsp3) is 0.286. The number of hydrogen-bond acceptors (Lipinski definition) is 8. The van der Waals surface area contributed by atoms with E-state index in [0.717, 1.165) is 11.1 Å². The van der Waals surface area contributed by atoms with E-state index >= 15 is 0 Å². The highest BCUT2D eigenvalue weighted by Gasteiger charge is 2.25. The van der Waals surface area contributed by atoms with E-state index in [9.17, 15) is 8.42 Å². The predicted molar refractivity (Wildman–Crippen MR) is 143 cm³/mol. The molecule has 0 amide bonds. The van der Waals surface area contributed by atoms with Crippen LogP contribution < -0.4 is 27.9 Å². The van der Waals surface area contributed by atoms with Crippen LogP contribution in [0, 0.1) is 6.92 Å². The maximum absolute atomic E-state index is 13.1. The Morgan fingerprint density at radius 3 is 1.81 bits per heavy atom. The molecule has 37 heavy (non-hydrogen) atoms. The lowest BCUT2D eigenvalue weighted by Crippen LogP contribution is -2.14. The van der Waals surface area contributed by atoms with Crippen molar-refractivity contribution in [1.29, 1.82) is 0 Å². The van der Waals surface area contributed by atoms with E-state index < -0.39 is 10.1 Å². The van der Waals surface area contributed by atoms with Crippen molar-refractivity contribution >= 4 is 22.3 Å². The largest absolute Gasteiger partial charge is 0.493 e. The number of aryl methyl sites for hydroxylation is 1. The highest BCUT2D eigenvalue weighted by atomic mass is 32.2. The first-order valence-corrected chi connectivity index (χ1v) is 12.9. The quantitative estimate of drug-likeness (QED) is 0.229. The number of benzene rings is 3. The second-order valence-electron chi connectivity index (χ2n) is 8.32. The molecule has 3 rings (SSSR count). The molecule has 0 radical (unpaired) electrons. The van der Waals surface area contributed by atoms with Gasteiger partial charge in [0.1, 0.15) is 4.90 Å². The van der Waals surface area contributed by atoms with E-state index in [0.29, 0.717) is 22.8 Å². The molecule has 0 bridgehead atoms. The number of ether oxygens (including phenoxy) is 5. The van der Waals surface area contributed by atoms with Crippen LogP contribution in [0.4, 0.5) is 0 Å². The molecule has 0 saturated heterocycles. The molecule has 0 heterocycles. The number of rotatable bonds is 11. The van der Waals surface area contributed by atoms with E-state index in [-0.39, 0.29) is 28.2 Å². The van der Waals surface area contributed by atoms with Gasteiger partial charge in [0.15, 0.2) is 23.0 Å². The molecular weight excluding hydrogens is 496 g/mol. The molecule has 8 nitrogen and oxygen atoms in total. The Labute approximate surface area is 218 Å². The minimum atomic E-state index is -4.16. The van der Waals surface area contributed by atoms with Crippen LogP contribution in [0.3, 0.4) is 0 Å². The van der Waals surface area contributed by atoms with Gasteiger partial charge in [-0.15, -0.1) is 0 Å². The molecule has 0 N–H and O–H groups in total. The summed E-state index contributed by atoms with van der Waals surface area (Å²) in [5.41, 5.74) is 2.27. The molecule has 3 aromatic carbocycles. The molecule has 0 aliphatic heterocycles. The number of hydrogen-bond donors (Lipinski definition) is 0. The molecular formula is C28H32O8S. The predicted octanol–water partition coefficient (Wildman–Crippen LogP) is 5.75. The van der Waals surface area contributed by atoms with Crippen LogP contribution in [0.5, 0.6) is 34.5 Å². The Kier molecular flexibility index (Phi) is 8.94. The summed E-state index contributed by atoms with van der Waals surface area (Å²) in [6, 6.07) is 13.4. The molecule has 198 valence electrons. The summed E-state index contributed by atoms with van der Waals surface area (Å²) >= 11 is 0. The molecule has 0 spiro atoms. The molecule has 0 saturated carbocycles. The summed E-state index contributed by atoms with van der Waals surface area (Å²) in [6.07, 6.45) is 3.32. The molecule has 3 aromatic rings. The minimum Gasteiger partial charge on any atom is -0.493 e. The Balaban J connectivity index is 2.11. The zero-order valence-electron chi connectivity index (χ0n) is 22.0. The lowest BCUT2D eigenvalue weighted by molar-refractivity contribution is 0.233. The molecule has 0 aliphatic rings. The first kappa shape index (κ1) is 27.7. The van der Waals surface area contributed by atoms with Gasteiger partial charge in [-0.1, -0.05) is 29.8 Å². The second kappa shape index (κ2) is 11.9. The van der Waals surface area contributed by atoms with Gasteiger partial charge < -0.3 is 27.9 Å². The Morgan fingerprint density at radius 1 is 0.703 bits per heavy atom. The summed E-state index contributed by atoms with van der Waals surface area (Å²) < 4.78 is 59.6. The van der Waals surface area contributed by atoms with Crippen LogP contribution in [0.25, 0.3) is 12.2 Å². The van der Waals surface area contributed by atoms with Crippen molar-refractivity contribution in [2.45, 2.75) is 31.8 Å². The zero-order chi connectivity index (χ0) is 27.2. The average molecular weight is 529 g/mol. The van der Waals surface area contributed by atoms with Gasteiger partial charge in [-0.3, -0.25) is 0 Å². The topological polar surface area (TPSA) is 89.5 Å². The van der Waals surface area contributed by atoms with E-state index in [2.05, 4.69) is 0 Å². The van der Waals surface area contributed by atoms with E-state index in [4.69, 9.17) is 27.9 Å². The maximum Gasteiger partial charge on any atom is 0.339 e. The molecule has 9 heteroatoms. The summed E-state index contributed by atoms with van der Waals surface area (Å²) in [7, 11) is 1.90. The lowest BCUT2D eigenvalue weighted by Gasteiger charge is -2.19. The Bertz CT molecular complexity index is 1330. The van der Waals surface area contributed by atoms with Crippen molar-refractivity contribution in [1.82, 2.24) is 0 Å². The molecule has 0 unspecified atom stereocenters. The van der Waals surface area contributed by atoms with E-state index in [1.54, 1.807) is 56.7 Å². The third kappa shape index (κ3) is 6.48. The third-order valence-electron chi connectivity index (χ3n) is 5.33. The molecule has 0 aliphatic carbocycles. The summed E-state index contributed by atoms with van der Waals surface area (Å²) in [5.74, 6) is 1.90. The van der Waals surface area contributed by atoms with Gasteiger partial charge in [-0.2, -0.15) is 8.42 Å². The standard InChI is InChI=1S/C28H32O8S/c1-18(2)35-26-21(11-10-20-16-24(32-5)27(34-7)25(17-20)33-6)12-15-23(31-4)28(26)36-37(29,30)22-13-8-19(3)9-14-22/h8-18H,1-7H3/b11-10+. The van der Waals surface area contributed by atoms with Crippen molar-refractivity contribution in [3.8, 4) is 34.5 Å². The van der Waals surface area contributed by atoms with Gasteiger partial charge >= 0.3 is 10.1 Å². The second-order valence-corrected chi connectivity index (χ2v) is 9.87. The van der Waals surface area contributed by atoms with Crippen LogP contribution in [0.2, 0.25) is 0 Å². The minimum absolute atomic E-state index is 0.0222. The van der Waals surface area contributed by atoms with Crippen LogP contribution in [-0.4, -0.2) is 43.0 Å². The van der Waals surface area contributed by atoms with E-state index in [1.165, 1.54) is 26.4 Å². The first-order valence-electron chi connectivity index (χ1n) is 11.5. The first-order chi connectivity index (χ1) is 17.6. The van der Waals surface area contributed by atoms with Crippen LogP contribution in [-0.2, 0) is 10.1 Å². The van der Waals surface area contributed by atoms with E-state index in [1.807, 2.05) is 26.8 Å². The van der Waals surface area contributed by atoms with Gasteiger partial charge in [0.05, 0.1) is 34.5 Å². The maximum atomic E-state index is 13.1. The highest BCUT2D eigenvalue weighted by molar-refractivity contribution is 7.87.